The number of aliphatic hydroxyl groups excluding tert-OH is 1. The minimum Gasteiger partial charge on any atom is -0.491 e. The van der Waals surface area contributed by atoms with Gasteiger partial charge in [0.15, 0.2) is 0 Å². The highest BCUT2D eigenvalue weighted by molar-refractivity contribution is 5.94. The van der Waals surface area contributed by atoms with E-state index < -0.39 is 18.0 Å². The van der Waals surface area contributed by atoms with Gasteiger partial charge in [-0.1, -0.05) is 6.07 Å². The number of amides is 1. The lowest BCUT2D eigenvalue weighted by atomic mass is 9.96. The number of pyridine rings is 1. The molecule has 0 spiro atoms. The molecule has 10 heteroatoms. The van der Waals surface area contributed by atoms with Gasteiger partial charge in [-0.05, 0) is 62.1 Å². The van der Waals surface area contributed by atoms with Crippen molar-refractivity contribution in [2.45, 2.75) is 57.6 Å². The Hall–Kier alpha value is -2.69. The number of rotatable bonds is 7. The second-order valence-corrected chi connectivity index (χ2v) is 9.41. The third-order valence-corrected chi connectivity index (χ3v) is 7.27. The zero-order valence-corrected chi connectivity index (χ0v) is 20.0. The van der Waals surface area contributed by atoms with E-state index in [4.69, 9.17) is 10.5 Å². The van der Waals surface area contributed by atoms with Gasteiger partial charge in [0.25, 0.3) is 5.91 Å². The van der Waals surface area contributed by atoms with Crippen LogP contribution in [0.5, 0.6) is 5.75 Å². The Balaban J connectivity index is 1.42. The van der Waals surface area contributed by atoms with Crippen molar-refractivity contribution in [1.82, 2.24) is 14.8 Å². The average Bonchev–Trinajstić information content (AvgIpc) is 3.45. The maximum absolute atomic E-state index is 13.0. The van der Waals surface area contributed by atoms with Gasteiger partial charge in [-0.2, -0.15) is 13.2 Å². The SMILES string of the molecule is Cc1c(OC[C@H](O)CN)ccc([C@H](C)N2C[C@@H]3C[C@H]2CN3C(=O)c2ccc(C(F)(F)F)nc2)c1C. The average molecular weight is 493 g/mol. The van der Waals surface area contributed by atoms with Gasteiger partial charge in [-0.25, -0.2) is 0 Å². The molecule has 2 aliphatic rings. The highest BCUT2D eigenvalue weighted by Gasteiger charge is 2.47. The first-order chi connectivity index (χ1) is 16.5. The Labute approximate surface area is 202 Å². The molecule has 0 radical (unpaired) electrons. The molecule has 1 aromatic carbocycles. The highest BCUT2D eigenvalue weighted by Crippen LogP contribution is 2.39. The Morgan fingerprint density at radius 2 is 1.94 bits per heavy atom. The maximum Gasteiger partial charge on any atom is 0.433 e. The van der Waals surface area contributed by atoms with Gasteiger partial charge in [0, 0.05) is 44.0 Å². The number of alkyl halides is 3. The number of carbonyl (C=O) groups is 1. The van der Waals surface area contributed by atoms with E-state index in [9.17, 15) is 23.1 Å². The molecule has 4 rings (SSSR count). The molecular weight excluding hydrogens is 461 g/mol. The van der Waals surface area contributed by atoms with E-state index in [1.807, 2.05) is 19.1 Å². The number of nitrogens with two attached hydrogens (primary N) is 1. The standard InChI is InChI=1S/C25H31F3N4O3/c1-14-15(2)22(35-13-20(33)9-29)6-5-21(14)16(3)31-11-19-8-18(31)12-32(19)24(34)17-4-7-23(30-10-17)25(26,27)28/h4-7,10,16,18-20,33H,8-9,11-13,29H2,1-3H3/t16-,18-,19-,20+/m0/s1. The van der Waals surface area contributed by atoms with Gasteiger partial charge in [0.05, 0.1) is 5.56 Å². The van der Waals surface area contributed by atoms with Crippen LogP contribution in [-0.2, 0) is 6.18 Å². The zero-order valence-electron chi connectivity index (χ0n) is 20.0. The van der Waals surface area contributed by atoms with E-state index in [0.29, 0.717) is 13.1 Å². The number of halogens is 3. The van der Waals surface area contributed by atoms with Crippen LogP contribution in [0.2, 0.25) is 0 Å². The minimum absolute atomic E-state index is 0.0130. The van der Waals surface area contributed by atoms with Crippen molar-refractivity contribution in [2.75, 3.05) is 26.2 Å². The molecule has 7 nitrogen and oxygen atoms in total. The summed E-state index contributed by atoms with van der Waals surface area (Å²) in [5.41, 5.74) is 7.91. The van der Waals surface area contributed by atoms with Gasteiger partial charge >= 0.3 is 6.18 Å². The van der Waals surface area contributed by atoms with Crippen molar-refractivity contribution in [3.63, 3.8) is 0 Å². The van der Waals surface area contributed by atoms with Gasteiger partial charge in [0.1, 0.15) is 24.2 Å². The third kappa shape index (κ3) is 5.00. The number of aliphatic hydroxyl groups is 1. The fourth-order valence-electron chi connectivity index (χ4n) is 5.13. The van der Waals surface area contributed by atoms with Crippen LogP contribution in [0.3, 0.4) is 0 Å². The van der Waals surface area contributed by atoms with Crippen LogP contribution in [0.4, 0.5) is 13.2 Å². The predicted octanol–water partition coefficient (Wildman–Crippen LogP) is 3.08. The summed E-state index contributed by atoms with van der Waals surface area (Å²) in [6.45, 7) is 7.70. The van der Waals surface area contributed by atoms with Gasteiger partial charge in [0.2, 0.25) is 0 Å². The summed E-state index contributed by atoms with van der Waals surface area (Å²) >= 11 is 0. The minimum atomic E-state index is -4.53. The number of aromatic nitrogens is 1. The Bertz CT molecular complexity index is 1080. The van der Waals surface area contributed by atoms with Crippen LogP contribution in [0.25, 0.3) is 0 Å². The van der Waals surface area contributed by atoms with E-state index in [2.05, 4.69) is 23.7 Å². The molecule has 2 aliphatic heterocycles. The molecule has 2 fully saturated rings. The number of hydrogen-bond acceptors (Lipinski definition) is 6. The third-order valence-electron chi connectivity index (χ3n) is 7.27. The Kier molecular flexibility index (Phi) is 7.08. The molecule has 0 saturated carbocycles. The molecule has 3 heterocycles. The molecule has 1 amide bonds. The Morgan fingerprint density at radius 3 is 2.51 bits per heavy atom. The second-order valence-electron chi connectivity index (χ2n) is 9.41. The molecule has 2 saturated heterocycles. The second kappa shape index (κ2) is 9.75. The van der Waals surface area contributed by atoms with Crippen LogP contribution in [0, 0.1) is 13.8 Å². The summed E-state index contributed by atoms with van der Waals surface area (Å²) in [4.78, 5) is 20.5. The van der Waals surface area contributed by atoms with Crippen LogP contribution >= 0.6 is 0 Å². The highest BCUT2D eigenvalue weighted by atomic mass is 19.4. The van der Waals surface area contributed by atoms with Crippen LogP contribution in [0.1, 0.15) is 52.1 Å². The van der Waals surface area contributed by atoms with Gasteiger partial charge < -0.3 is 20.5 Å². The number of hydrogen-bond donors (Lipinski definition) is 2. The van der Waals surface area contributed by atoms with Crippen LogP contribution in [0.15, 0.2) is 30.5 Å². The maximum atomic E-state index is 13.0. The molecule has 35 heavy (non-hydrogen) atoms. The molecule has 3 N–H and O–H groups in total. The van der Waals surface area contributed by atoms with E-state index in [0.717, 1.165) is 35.6 Å². The first kappa shape index (κ1) is 25.4. The summed E-state index contributed by atoms with van der Waals surface area (Å²) in [6.07, 6.45) is -3.39. The molecule has 2 bridgehead atoms. The van der Waals surface area contributed by atoms with Crippen molar-refractivity contribution in [3.8, 4) is 5.75 Å². The summed E-state index contributed by atoms with van der Waals surface area (Å²) in [5.74, 6) is 0.440. The lowest BCUT2D eigenvalue weighted by Crippen LogP contribution is -2.49. The predicted molar refractivity (Wildman–Crippen MR) is 124 cm³/mol. The van der Waals surface area contributed by atoms with E-state index in [-0.39, 0.29) is 42.7 Å². The first-order valence-corrected chi connectivity index (χ1v) is 11.7. The number of likely N-dealkylation sites (tertiary alicyclic amines) is 2. The first-order valence-electron chi connectivity index (χ1n) is 11.7. The fourth-order valence-corrected chi connectivity index (χ4v) is 5.13. The van der Waals surface area contributed by atoms with E-state index >= 15 is 0 Å². The topological polar surface area (TPSA) is 91.9 Å². The van der Waals surface area contributed by atoms with Crippen molar-refractivity contribution >= 4 is 5.91 Å². The molecule has 190 valence electrons. The van der Waals surface area contributed by atoms with Gasteiger partial charge in [-0.15, -0.1) is 0 Å². The molecular formula is C25H31F3N4O3. The summed E-state index contributed by atoms with van der Waals surface area (Å²) < 4.78 is 44.1. The Morgan fingerprint density at radius 1 is 1.20 bits per heavy atom. The summed E-state index contributed by atoms with van der Waals surface area (Å²) in [7, 11) is 0. The molecule has 2 aromatic rings. The van der Waals surface area contributed by atoms with Crippen LogP contribution < -0.4 is 10.5 Å². The fraction of sp³-hybridized carbons (Fsp3) is 0.520. The number of piperazine rings is 1. The summed E-state index contributed by atoms with van der Waals surface area (Å²) in [5, 5.41) is 9.67. The quantitative estimate of drug-likeness (QED) is 0.617. The van der Waals surface area contributed by atoms with Crippen molar-refractivity contribution in [1.29, 1.82) is 0 Å². The lowest BCUT2D eigenvalue weighted by Gasteiger charge is -2.38. The smallest absolute Gasteiger partial charge is 0.433 e. The zero-order chi connectivity index (χ0) is 25.5. The van der Waals surface area contributed by atoms with Crippen molar-refractivity contribution in [2.24, 2.45) is 5.73 Å². The molecule has 0 unspecified atom stereocenters. The van der Waals surface area contributed by atoms with Gasteiger partial charge in [-0.3, -0.25) is 14.7 Å². The number of ether oxygens (including phenoxy) is 1. The number of benzene rings is 1. The molecule has 0 aliphatic carbocycles. The van der Waals surface area contributed by atoms with E-state index in [1.54, 1.807) is 4.90 Å². The largest absolute Gasteiger partial charge is 0.491 e. The van der Waals surface area contributed by atoms with Crippen molar-refractivity contribution < 1.29 is 27.8 Å². The van der Waals surface area contributed by atoms with Crippen LogP contribution in [-0.4, -0.2) is 70.2 Å². The number of nitrogens with zero attached hydrogens (tertiary/aromatic N) is 3. The number of fused-ring (bicyclic) bond motifs is 2. The number of carbonyl (C=O) groups excluding carboxylic acids is 1. The molecule has 4 atom stereocenters. The van der Waals surface area contributed by atoms with Crippen molar-refractivity contribution in [3.05, 3.63) is 58.4 Å². The normalized spacial score (nSPS) is 21.9. The monoisotopic (exact) mass is 492 g/mol. The molecule has 1 aromatic heterocycles. The summed E-state index contributed by atoms with van der Waals surface area (Å²) in [6, 6.07) is 6.32. The lowest BCUT2D eigenvalue weighted by molar-refractivity contribution is -0.141. The van der Waals surface area contributed by atoms with E-state index in [1.165, 1.54) is 11.6 Å².